The van der Waals surface area contributed by atoms with Gasteiger partial charge in [-0.05, 0) is 29.8 Å². The fourth-order valence-electron chi connectivity index (χ4n) is 1.84. The molecule has 3 nitrogen and oxygen atoms in total. The minimum atomic E-state index is -0.0462. The molecule has 21 heavy (non-hydrogen) atoms. The minimum Gasteiger partial charge on any atom is -0.351 e. The first-order chi connectivity index (χ1) is 9.75. The maximum absolute atomic E-state index is 11.8. The van der Waals surface area contributed by atoms with Gasteiger partial charge in [0.05, 0.1) is 0 Å². The first kappa shape index (κ1) is 17.5. The first-order valence-electron chi connectivity index (χ1n) is 6.54. The molecule has 0 atom stereocenters. The lowest BCUT2D eigenvalue weighted by Gasteiger charge is -2.07. The molecule has 0 unspecified atom stereocenters. The van der Waals surface area contributed by atoms with Crippen LogP contribution in [0.25, 0.3) is 0 Å². The number of rotatable bonds is 6. The summed E-state index contributed by atoms with van der Waals surface area (Å²) in [6, 6.07) is 16.9. The lowest BCUT2D eigenvalue weighted by molar-refractivity contribution is 0.0954. The highest BCUT2D eigenvalue weighted by Crippen LogP contribution is 2.09. The highest BCUT2D eigenvalue weighted by Gasteiger charge is 2.02. The third kappa shape index (κ3) is 6.17. The molecule has 112 valence electrons. The van der Waals surface area contributed by atoms with Crippen LogP contribution in [0.5, 0.6) is 0 Å². The second-order valence-electron chi connectivity index (χ2n) is 4.43. The maximum Gasteiger partial charge on any atom is 0.251 e. The molecule has 0 radical (unpaired) electrons. The molecule has 2 aromatic rings. The minimum absolute atomic E-state index is 0. The third-order valence-electron chi connectivity index (χ3n) is 2.84. The summed E-state index contributed by atoms with van der Waals surface area (Å²) in [6.45, 7) is 2.04. The van der Waals surface area contributed by atoms with Crippen LogP contribution in [-0.2, 0) is 6.54 Å². The summed E-state index contributed by atoms with van der Waals surface area (Å²) in [5.41, 5.74) is 1.81. The van der Waals surface area contributed by atoms with Gasteiger partial charge in [-0.15, -0.1) is 12.4 Å². The topological polar surface area (TPSA) is 41.1 Å². The summed E-state index contributed by atoms with van der Waals surface area (Å²) in [5.74, 6) is -0.0462. The van der Waals surface area contributed by atoms with Gasteiger partial charge < -0.3 is 10.6 Å². The van der Waals surface area contributed by atoms with E-state index in [1.807, 2.05) is 42.5 Å². The summed E-state index contributed by atoms with van der Waals surface area (Å²) in [6.07, 6.45) is 0. The van der Waals surface area contributed by atoms with Crippen molar-refractivity contribution in [2.45, 2.75) is 6.54 Å². The van der Waals surface area contributed by atoms with Crippen molar-refractivity contribution in [2.24, 2.45) is 0 Å². The Balaban J connectivity index is 0.00000220. The van der Waals surface area contributed by atoms with Crippen LogP contribution in [0.15, 0.2) is 54.6 Å². The highest BCUT2D eigenvalue weighted by atomic mass is 35.5. The molecule has 0 saturated heterocycles. The standard InChI is InChI=1S/C16H17ClN2O.ClH/c17-15-8-4-5-13(11-15)12-18-9-10-19-16(20)14-6-2-1-3-7-14;/h1-8,11,18H,9-10,12H2,(H,19,20);1H. The molecule has 2 aromatic carbocycles. The second kappa shape index (κ2) is 9.40. The second-order valence-corrected chi connectivity index (χ2v) is 4.87. The fourth-order valence-corrected chi connectivity index (χ4v) is 2.05. The van der Waals surface area contributed by atoms with E-state index in [2.05, 4.69) is 10.6 Å². The van der Waals surface area contributed by atoms with Crippen LogP contribution in [0.3, 0.4) is 0 Å². The zero-order chi connectivity index (χ0) is 14.2. The van der Waals surface area contributed by atoms with E-state index in [9.17, 15) is 4.79 Å². The first-order valence-corrected chi connectivity index (χ1v) is 6.92. The largest absolute Gasteiger partial charge is 0.351 e. The number of halogens is 2. The van der Waals surface area contributed by atoms with E-state index in [1.54, 1.807) is 12.1 Å². The van der Waals surface area contributed by atoms with Gasteiger partial charge in [0.15, 0.2) is 0 Å². The van der Waals surface area contributed by atoms with Crippen LogP contribution in [0.2, 0.25) is 5.02 Å². The molecule has 0 aliphatic carbocycles. The SMILES string of the molecule is Cl.O=C(NCCNCc1cccc(Cl)c1)c1ccccc1. The predicted molar refractivity (Wildman–Crippen MR) is 89.2 cm³/mol. The van der Waals surface area contributed by atoms with Gasteiger partial charge in [0.25, 0.3) is 5.91 Å². The quantitative estimate of drug-likeness (QED) is 0.800. The molecule has 2 N–H and O–H groups in total. The van der Waals surface area contributed by atoms with Crippen LogP contribution in [0.1, 0.15) is 15.9 Å². The van der Waals surface area contributed by atoms with E-state index in [0.29, 0.717) is 18.7 Å². The van der Waals surface area contributed by atoms with Crippen molar-refractivity contribution < 1.29 is 4.79 Å². The Bertz CT molecular complexity index is 561. The van der Waals surface area contributed by atoms with Crippen LogP contribution in [-0.4, -0.2) is 19.0 Å². The summed E-state index contributed by atoms with van der Waals surface area (Å²) >= 11 is 5.91. The van der Waals surface area contributed by atoms with Gasteiger partial charge in [0.1, 0.15) is 0 Å². The van der Waals surface area contributed by atoms with Gasteiger partial charge in [-0.2, -0.15) is 0 Å². The Morgan fingerprint density at radius 2 is 1.76 bits per heavy atom. The Hall–Kier alpha value is -1.55. The Kier molecular flexibility index (Phi) is 7.83. The fraction of sp³-hybridized carbons (Fsp3) is 0.188. The molecule has 0 fully saturated rings. The van der Waals surface area contributed by atoms with E-state index in [0.717, 1.165) is 17.1 Å². The number of carbonyl (C=O) groups excluding carboxylic acids is 1. The molecule has 0 aliphatic heterocycles. The van der Waals surface area contributed by atoms with Crippen LogP contribution in [0, 0.1) is 0 Å². The van der Waals surface area contributed by atoms with Crippen LogP contribution in [0.4, 0.5) is 0 Å². The molecule has 0 saturated carbocycles. The van der Waals surface area contributed by atoms with Gasteiger partial charge >= 0.3 is 0 Å². The van der Waals surface area contributed by atoms with Crippen molar-refractivity contribution in [1.82, 2.24) is 10.6 Å². The van der Waals surface area contributed by atoms with E-state index in [-0.39, 0.29) is 18.3 Å². The van der Waals surface area contributed by atoms with Crippen molar-refractivity contribution in [1.29, 1.82) is 0 Å². The molecule has 0 spiro atoms. The maximum atomic E-state index is 11.8. The Labute approximate surface area is 136 Å². The third-order valence-corrected chi connectivity index (χ3v) is 3.08. The molecular weight excluding hydrogens is 307 g/mol. The molecule has 0 aromatic heterocycles. The van der Waals surface area contributed by atoms with Gasteiger partial charge in [0.2, 0.25) is 0 Å². The number of nitrogens with one attached hydrogen (secondary N) is 2. The van der Waals surface area contributed by atoms with Crippen LogP contribution >= 0.6 is 24.0 Å². The number of hydrogen-bond acceptors (Lipinski definition) is 2. The summed E-state index contributed by atoms with van der Waals surface area (Å²) in [7, 11) is 0. The van der Waals surface area contributed by atoms with Gasteiger partial charge in [-0.1, -0.05) is 41.9 Å². The van der Waals surface area contributed by atoms with E-state index < -0.39 is 0 Å². The molecule has 1 amide bonds. The van der Waals surface area contributed by atoms with E-state index >= 15 is 0 Å². The van der Waals surface area contributed by atoms with Gasteiger partial charge in [-0.3, -0.25) is 4.79 Å². The number of benzene rings is 2. The van der Waals surface area contributed by atoms with Crippen LogP contribution < -0.4 is 10.6 Å². The smallest absolute Gasteiger partial charge is 0.251 e. The average Bonchev–Trinajstić information content (AvgIpc) is 2.48. The number of amides is 1. The number of hydrogen-bond donors (Lipinski definition) is 2. The lowest BCUT2D eigenvalue weighted by Crippen LogP contribution is -2.31. The summed E-state index contributed by atoms with van der Waals surface area (Å²) in [5, 5.41) is 6.87. The van der Waals surface area contributed by atoms with Gasteiger partial charge in [0, 0.05) is 30.2 Å². The zero-order valence-electron chi connectivity index (χ0n) is 11.5. The average molecular weight is 325 g/mol. The lowest BCUT2D eigenvalue weighted by atomic mass is 10.2. The van der Waals surface area contributed by atoms with Crippen molar-refractivity contribution in [3.8, 4) is 0 Å². The molecule has 0 bridgehead atoms. The normalized spacial score (nSPS) is 9.76. The predicted octanol–water partition coefficient (Wildman–Crippen LogP) is 3.28. The van der Waals surface area contributed by atoms with E-state index in [4.69, 9.17) is 11.6 Å². The molecule has 0 aliphatic rings. The van der Waals surface area contributed by atoms with Gasteiger partial charge in [-0.25, -0.2) is 0 Å². The highest BCUT2D eigenvalue weighted by molar-refractivity contribution is 6.30. The van der Waals surface area contributed by atoms with Crippen molar-refractivity contribution in [3.05, 3.63) is 70.7 Å². The molecule has 5 heteroatoms. The van der Waals surface area contributed by atoms with E-state index in [1.165, 1.54) is 0 Å². The molecule has 0 heterocycles. The molecular formula is C16H18Cl2N2O. The Morgan fingerprint density at radius 1 is 1.00 bits per heavy atom. The van der Waals surface area contributed by atoms with Crippen molar-refractivity contribution in [3.63, 3.8) is 0 Å². The zero-order valence-corrected chi connectivity index (χ0v) is 13.1. The Morgan fingerprint density at radius 3 is 2.48 bits per heavy atom. The summed E-state index contributed by atoms with van der Waals surface area (Å²) < 4.78 is 0. The van der Waals surface area contributed by atoms with Crippen molar-refractivity contribution in [2.75, 3.05) is 13.1 Å². The summed E-state index contributed by atoms with van der Waals surface area (Å²) in [4.78, 5) is 11.8. The van der Waals surface area contributed by atoms with Crippen molar-refractivity contribution >= 4 is 29.9 Å². The molecule has 2 rings (SSSR count). The number of carbonyl (C=O) groups is 1. The monoisotopic (exact) mass is 324 g/mol.